The SMILES string of the molecule is CC12CCCN1C1CCCCC1C(=O)C2. The Morgan fingerprint density at radius 1 is 1.27 bits per heavy atom. The molecule has 0 aromatic rings. The Morgan fingerprint density at radius 3 is 2.93 bits per heavy atom. The molecule has 0 aromatic heterocycles. The summed E-state index contributed by atoms with van der Waals surface area (Å²) >= 11 is 0. The van der Waals surface area contributed by atoms with Crippen molar-refractivity contribution < 1.29 is 4.79 Å². The summed E-state index contributed by atoms with van der Waals surface area (Å²) in [6.07, 6.45) is 8.41. The molecular formula is C13H21NO. The predicted molar refractivity (Wildman–Crippen MR) is 59.7 cm³/mol. The molecule has 0 N–H and O–H groups in total. The van der Waals surface area contributed by atoms with Crippen LogP contribution in [0.1, 0.15) is 51.9 Å². The van der Waals surface area contributed by atoms with E-state index in [0.29, 0.717) is 17.7 Å². The Labute approximate surface area is 92.0 Å². The highest BCUT2D eigenvalue weighted by atomic mass is 16.1. The molecule has 84 valence electrons. The molecule has 3 aliphatic rings. The number of carbonyl (C=O) groups excluding carboxylic acids is 1. The lowest BCUT2D eigenvalue weighted by atomic mass is 9.72. The van der Waals surface area contributed by atoms with Crippen molar-refractivity contribution in [2.24, 2.45) is 5.92 Å². The van der Waals surface area contributed by atoms with Gasteiger partial charge in [0.15, 0.2) is 0 Å². The summed E-state index contributed by atoms with van der Waals surface area (Å²) in [4.78, 5) is 14.8. The number of carbonyl (C=O) groups is 1. The second kappa shape index (κ2) is 3.31. The lowest BCUT2D eigenvalue weighted by molar-refractivity contribution is -0.136. The molecule has 3 unspecified atom stereocenters. The molecule has 2 aliphatic heterocycles. The molecule has 2 heterocycles. The van der Waals surface area contributed by atoms with E-state index >= 15 is 0 Å². The van der Waals surface area contributed by atoms with Gasteiger partial charge in [0.1, 0.15) is 5.78 Å². The van der Waals surface area contributed by atoms with Crippen molar-refractivity contribution in [3.8, 4) is 0 Å². The van der Waals surface area contributed by atoms with Crippen LogP contribution in [0.15, 0.2) is 0 Å². The molecule has 0 spiro atoms. The van der Waals surface area contributed by atoms with Crippen molar-refractivity contribution in [2.45, 2.75) is 63.5 Å². The summed E-state index contributed by atoms with van der Waals surface area (Å²) in [5.74, 6) is 0.963. The number of Topliss-reactive ketones (excluding diaryl/α,β-unsaturated/α-hetero) is 1. The zero-order valence-corrected chi connectivity index (χ0v) is 9.67. The van der Waals surface area contributed by atoms with Gasteiger partial charge in [-0.15, -0.1) is 0 Å². The first-order chi connectivity index (χ1) is 7.21. The number of hydrogen-bond donors (Lipinski definition) is 0. The maximum absolute atomic E-state index is 12.1. The molecule has 15 heavy (non-hydrogen) atoms. The second-order valence-electron chi connectivity index (χ2n) is 5.90. The molecule has 1 saturated carbocycles. The van der Waals surface area contributed by atoms with E-state index in [1.807, 2.05) is 0 Å². The van der Waals surface area contributed by atoms with Crippen molar-refractivity contribution in [3.05, 3.63) is 0 Å². The summed E-state index contributed by atoms with van der Waals surface area (Å²) in [7, 11) is 0. The number of ketones is 1. The molecule has 2 saturated heterocycles. The van der Waals surface area contributed by atoms with Crippen molar-refractivity contribution in [1.29, 1.82) is 0 Å². The summed E-state index contributed by atoms with van der Waals surface area (Å²) in [5.41, 5.74) is 0.232. The van der Waals surface area contributed by atoms with Crippen molar-refractivity contribution in [1.82, 2.24) is 4.90 Å². The Kier molecular flexibility index (Phi) is 2.17. The van der Waals surface area contributed by atoms with E-state index in [-0.39, 0.29) is 5.54 Å². The molecule has 3 rings (SSSR count). The van der Waals surface area contributed by atoms with E-state index in [0.717, 1.165) is 12.8 Å². The van der Waals surface area contributed by atoms with Crippen LogP contribution in [0.3, 0.4) is 0 Å². The van der Waals surface area contributed by atoms with Gasteiger partial charge in [-0.25, -0.2) is 0 Å². The summed E-state index contributed by atoms with van der Waals surface area (Å²) < 4.78 is 0. The van der Waals surface area contributed by atoms with Crippen LogP contribution in [0, 0.1) is 5.92 Å². The fourth-order valence-electron chi connectivity index (χ4n) is 4.17. The fraction of sp³-hybridized carbons (Fsp3) is 0.923. The van der Waals surface area contributed by atoms with Gasteiger partial charge in [-0.2, -0.15) is 0 Å². The largest absolute Gasteiger partial charge is 0.299 e. The van der Waals surface area contributed by atoms with Crippen LogP contribution < -0.4 is 0 Å². The van der Waals surface area contributed by atoms with Crippen molar-refractivity contribution >= 4 is 5.78 Å². The molecule has 1 aliphatic carbocycles. The van der Waals surface area contributed by atoms with Gasteiger partial charge in [-0.05, 0) is 39.2 Å². The lowest BCUT2D eigenvalue weighted by Crippen LogP contribution is -2.58. The first-order valence-corrected chi connectivity index (χ1v) is 6.50. The van der Waals surface area contributed by atoms with Crippen LogP contribution in [0.4, 0.5) is 0 Å². The van der Waals surface area contributed by atoms with Gasteiger partial charge in [0, 0.05) is 23.9 Å². The molecule has 0 radical (unpaired) electrons. The van der Waals surface area contributed by atoms with E-state index in [9.17, 15) is 4.79 Å². The molecule has 0 aromatic carbocycles. The Hall–Kier alpha value is -0.370. The van der Waals surface area contributed by atoms with Crippen LogP contribution in [-0.2, 0) is 4.79 Å². The minimum absolute atomic E-state index is 0.232. The third-order valence-corrected chi connectivity index (χ3v) is 4.91. The highest BCUT2D eigenvalue weighted by Gasteiger charge is 2.50. The first-order valence-electron chi connectivity index (χ1n) is 6.50. The monoisotopic (exact) mass is 207 g/mol. The average Bonchev–Trinajstić information content (AvgIpc) is 2.60. The maximum Gasteiger partial charge on any atom is 0.139 e. The van der Waals surface area contributed by atoms with Gasteiger partial charge in [0.05, 0.1) is 0 Å². The van der Waals surface area contributed by atoms with E-state index in [1.54, 1.807) is 0 Å². The maximum atomic E-state index is 12.1. The number of piperidine rings is 1. The van der Waals surface area contributed by atoms with Gasteiger partial charge < -0.3 is 0 Å². The van der Waals surface area contributed by atoms with Gasteiger partial charge in [-0.1, -0.05) is 12.8 Å². The molecule has 2 nitrogen and oxygen atoms in total. The Bertz CT molecular complexity index is 288. The highest BCUT2D eigenvalue weighted by Crippen LogP contribution is 2.45. The van der Waals surface area contributed by atoms with Gasteiger partial charge in [0.25, 0.3) is 0 Å². The second-order valence-corrected chi connectivity index (χ2v) is 5.90. The standard InChI is InChI=1S/C13H21NO/c1-13-7-4-8-14(13)11-6-3-2-5-10(11)12(15)9-13/h10-11H,2-9H2,1H3. The minimum atomic E-state index is 0.232. The molecular weight excluding hydrogens is 186 g/mol. The lowest BCUT2D eigenvalue weighted by Gasteiger charge is -2.50. The third kappa shape index (κ3) is 1.37. The van der Waals surface area contributed by atoms with Crippen LogP contribution in [-0.4, -0.2) is 28.8 Å². The predicted octanol–water partition coefficient (Wildman–Crippen LogP) is 2.37. The normalized spacial score (nSPS) is 46.3. The Balaban J connectivity index is 1.91. The molecule has 2 heteroatoms. The molecule has 3 fully saturated rings. The van der Waals surface area contributed by atoms with E-state index in [2.05, 4.69) is 11.8 Å². The van der Waals surface area contributed by atoms with Crippen LogP contribution in [0.2, 0.25) is 0 Å². The fourth-order valence-corrected chi connectivity index (χ4v) is 4.17. The summed E-state index contributed by atoms with van der Waals surface area (Å²) in [6.45, 7) is 3.55. The highest BCUT2D eigenvalue weighted by molar-refractivity contribution is 5.84. The average molecular weight is 207 g/mol. The van der Waals surface area contributed by atoms with Crippen molar-refractivity contribution in [3.63, 3.8) is 0 Å². The van der Waals surface area contributed by atoms with Crippen molar-refractivity contribution in [2.75, 3.05) is 6.54 Å². The first kappa shape index (κ1) is 9.83. The van der Waals surface area contributed by atoms with Gasteiger partial charge >= 0.3 is 0 Å². The third-order valence-electron chi connectivity index (χ3n) is 4.91. The zero-order valence-electron chi connectivity index (χ0n) is 9.67. The molecule has 0 amide bonds. The van der Waals surface area contributed by atoms with Crippen LogP contribution >= 0.6 is 0 Å². The van der Waals surface area contributed by atoms with E-state index in [1.165, 1.54) is 38.6 Å². The van der Waals surface area contributed by atoms with Crippen LogP contribution in [0.25, 0.3) is 0 Å². The van der Waals surface area contributed by atoms with Crippen LogP contribution in [0.5, 0.6) is 0 Å². The molecule has 0 bridgehead atoms. The van der Waals surface area contributed by atoms with Gasteiger partial charge in [0.2, 0.25) is 0 Å². The molecule has 3 atom stereocenters. The summed E-state index contributed by atoms with van der Waals surface area (Å²) in [5, 5.41) is 0. The van der Waals surface area contributed by atoms with E-state index in [4.69, 9.17) is 0 Å². The number of hydrogen-bond acceptors (Lipinski definition) is 2. The number of fused-ring (bicyclic) bond motifs is 3. The number of nitrogens with zero attached hydrogens (tertiary/aromatic N) is 1. The number of rotatable bonds is 0. The topological polar surface area (TPSA) is 20.3 Å². The quantitative estimate of drug-likeness (QED) is 0.608. The zero-order chi connectivity index (χ0) is 10.5. The summed E-state index contributed by atoms with van der Waals surface area (Å²) in [6, 6.07) is 0.604. The minimum Gasteiger partial charge on any atom is -0.299 e. The smallest absolute Gasteiger partial charge is 0.139 e. The Morgan fingerprint density at radius 2 is 2.07 bits per heavy atom. The van der Waals surface area contributed by atoms with E-state index < -0.39 is 0 Å². The van der Waals surface area contributed by atoms with Gasteiger partial charge in [-0.3, -0.25) is 9.69 Å².